The van der Waals surface area contributed by atoms with E-state index in [4.69, 9.17) is 9.47 Å². The van der Waals surface area contributed by atoms with Crippen LogP contribution in [0.1, 0.15) is 24.5 Å². The highest BCUT2D eigenvalue weighted by atomic mass is 16.5. The topological polar surface area (TPSA) is 83.1 Å². The molecule has 2 aromatic rings. The lowest BCUT2D eigenvalue weighted by Crippen LogP contribution is -2.39. The number of hydrogen-bond donors (Lipinski definition) is 0. The molecule has 1 atom stereocenters. The zero-order valence-corrected chi connectivity index (χ0v) is 13.6. The molecular formula is C14H23N7O2. The maximum atomic E-state index is 5.87. The fraction of sp³-hybridized carbons (Fsp3) is 0.714. The normalized spacial score (nSPS) is 19.3. The fourth-order valence-corrected chi connectivity index (χ4v) is 2.67. The van der Waals surface area contributed by atoms with Crippen molar-refractivity contribution in [2.75, 3.05) is 33.4 Å². The molecule has 3 heterocycles. The molecule has 1 unspecified atom stereocenters. The summed E-state index contributed by atoms with van der Waals surface area (Å²) in [4.78, 5) is 2.33. The zero-order chi connectivity index (χ0) is 16.1. The molecule has 1 saturated heterocycles. The average Bonchev–Trinajstić information content (AvgIpc) is 3.22. The lowest BCUT2D eigenvalue weighted by molar-refractivity contribution is -0.0400. The summed E-state index contributed by atoms with van der Waals surface area (Å²) in [6.07, 6.45) is 1.89. The summed E-state index contributed by atoms with van der Waals surface area (Å²) in [5, 5.41) is 16.4. The number of nitrogens with zero attached hydrogens (tertiary/aromatic N) is 7. The highest BCUT2D eigenvalue weighted by molar-refractivity contribution is 5.00. The van der Waals surface area contributed by atoms with Crippen molar-refractivity contribution in [3.63, 3.8) is 0 Å². The van der Waals surface area contributed by atoms with Crippen molar-refractivity contribution < 1.29 is 9.47 Å². The summed E-state index contributed by atoms with van der Waals surface area (Å²) in [6.45, 7) is 7.29. The zero-order valence-electron chi connectivity index (χ0n) is 13.6. The van der Waals surface area contributed by atoms with E-state index in [0.717, 1.165) is 37.7 Å². The van der Waals surface area contributed by atoms with E-state index in [0.29, 0.717) is 19.8 Å². The molecule has 9 heteroatoms. The molecule has 0 bridgehead atoms. The monoisotopic (exact) mass is 321 g/mol. The highest BCUT2D eigenvalue weighted by Crippen LogP contribution is 2.21. The van der Waals surface area contributed by atoms with Gasteiger partial charge in [-0.2, -0.15) is 5.10 Å². The Labute approximate surface area is 135 Å². The maximum Gasteiger partial charge on any atom is 0.181 e. The van der Waals surface area contributed by atoms with Crippen LogP contribution in [0.3, 0.4) is 0 Å². The molecule has 1 aliphatic rings. The largest absolute Gasteiger partial charge is 0.383 e. The van der Waals surface area contributed by atoms with E-state index in [2.05, 4.69) is 38.5 Å². The van der Waals surface area contributed by atoms with E-state index < -0.39 is 0 Å². The van der Waals surface area contributed by atoms with Crippen LogP contribution in [0.2, 0.25) is 0 Å². The first-order valence-corrected chi connectivity index (χ1v) is 7.91. The molecule has 23 heavy (non-hydrogen) atoms. The highest BCUT2D eigenvalue weighted by Gasteiger charge is 2.27. The first kappa shape index (κ1) is 16.0. The Morgan fingerprint density at radius 3 is 3.13 bits per heavy atom. The number of tetrazole rings is 1. The molecular weight excluding hydrogens is 298 g/mol. The number of morpholine rings is 1. The Balaban J connectivity index is 1.62. The van der Waals surface area contributed by atoms with E-state index in [-0.39, 0.29) is 6.10 Å². The van der Waals surface area contributed by atoms with E-state index >= 15 is 0 Å². The Kier molecular flexibility index (Phi) is 5.31. The van der Waals surface area contributed by atoms with E-state index in [1.807, 2.05) is 10.9 Å². The van der Waals surface area contributed by atoms with E-state index in [9.17, 15) is 0 Å². The third-order valence-corrected chi connectivity index (χ3v) is 3.91. The lowest BCUT2D eigenvalue weighted by atomic mass is 10.2. The smallest absolute Gasteiger partial charge is 0.181 e. The first-order chi connectivity index (χ1) is 11.3. The molecule has 0 amide bonds. The van der Waals surface area contributed by atoms with Crippen LogP contribution in [-0.4, -0.2) is 68.3 Å². The predicted molar refractivity (Wildman–Crippen MR) is 81.6 cm³/mol. The standard InChI is InChI=1S/C14H23N7O2/c1-3-20-5-4-12(16-20)10-19-6-9-23-13(11-19)14-15-17-18-21(14)7-8-22-2/h4-5,13H,3,6-11H2,1-2H3. The van der Waals surface area contributed by atoms with Gasteiger partial charge in [0, 0.05) is 39.5 Å². The van der Waals surface area contributed by atoms with Gasteiger partial charge in [-0.1, -0.05) is 0 Å². The maximum absolute atomic E-state index is 5.87. The van der Waals surface area contributed by atoms with Gasteiger partial charge in [-0.05, 0) is 23.4 Å². The molecule has 0 N–H and O–H groups in total. The van der Waals surface area contributed by atoms with Gasteiger partial charge < -0.3 is 9.47 Å². The number of rotatable bonds is 7. The summed E-state index contributed by atoms with van der Waals surface area (Å²) < 4.78 is 14.7. The summed E-state index contributed by atoms with van der Waals surface area (Å²) in [7, 11) is 1.66. The van der Waals surface area contributed by atoms with Gasteiger partial charge in [-0.3, -0.25) is 9.58 Å². The Hall–Kier alpha value is -1.84. The van der Waals surface area contributed by atoms with Crippen molar-refractivity contribution >= 4 is 0 Å². The molecule has 0 saturated carbocycles. The predicted octanol–water partition coefficient (Wildman–Crippen LogP) is 0.109. The SMILES string of the molecule is CCn1ccc(CN2CCOC(c3nnnn3CCOC)C2)n1. The van der Waals surface area contributed by atoms with Crippen LogP contribution < -0.4 is 0 Å². The molecule has 9 nitrogen and oxygen atoms in total. The summed E-state index contributed by atoms with van der Waals surface area (Å²) in [6, 6.07) is 2.07. The lowest BCUT2D eigenvalue weighted by Gasteiger charge is -2.31. The van der Waals surface area contributed by atoms with Gasteiger partial charge in [0.2, 0.25) is 0 Å². The molecule has 1 fully saturated rings. The minimum atomic E-state index is -0.121. The third kappa shape index (κ3) is 3.92. The van der Waals surface area contributed by atoms with Crippen LogP contribution in [0.4, 0.5) is 0 Å². The van der Waals surface area contributed by atoms with Crippen molar-refractivity contribution in [3.8, 4) is 0 Å². The minimum absolute atomic E-state index is 0.121. The summed E-state index contributed by atoms with van der Waals surface area (Å²) in [5.41, 5.74) is 1.08. The van der Waals surface area contributed by atoms with Gasteiger partial charge in [-0.25, -0.2) is 4.68 Å². The van der Waals surface area contributed by atoms with Crippen LogP contribution >= 0.6 is 0 Å². The van der Waals surface area contributed by atoms with Gasteiger partial charge in [0.25, 0.3) is 0 Å². The number of aryl methyl sites for hydroxylation is 1. The molecule has 2 aromatic heterocycles. The Bertz CT molecular complexity index is 612. The molecule has 0 aromatic carbocycles. The number of hydrogen-bond acceptors (Lipinski definition) is 7. The van der Waals surface area contributed by atoms with Crippen LogP contribution in [0.15, 0.2) is 12.3 Å². The van der Waals surface area contributed by atoms with Crippen LogP contribution in [0.5, 0.6) is 0 Å². The van der Waals surface area contributed by atoms with Crippen molar-refractivity contribution in [3.05, 3.63) is 23.8 Å². The third-order valence-electron chi connectivity index (χ3n) is 3.91. The second-order valence-corrected chi connectivity index (χ2v) is 5.51. The van der Waals surface area contributed by atoms with Crippen molar-refractivity contribution in [1.29, 1.82) is 0 Å². The van der Waals surface area contributed by atoms with Crippen LogP contribution in [0.25, 0.3) is 0 Å². The van der Waals surface area contributed by atoms with Gasteiger partial charge in [-0.15, -0.1) is 5.10 Å². The molecule has 0 radical (unpaired) electrons. The number of methoxy groups -OCH3 is 1. The molecule has 1 aliphatic heterocycles. The fourth-order valence-electron chi connectivity index (χ4n) is 2.67. The second-order valence-electron chi connectivity index (χ2n) is 5.51. The van der Waals surface area contributed by atoms with Gasteiger partial charge in [0.05, 0.1) is 25.5 Å². The van der Waals surface area contributed by atoms with E-state index in [1.54, 1.807) is 11.8 Å². The van der Waals surface area contributed by atoms with Crippen molar-refractivity contribution in [1.82, 2.24) is 34.9 Å². The van der Waals surface area contributed by atoms with Crippen LogP contribution in [0, 0.1) is 0 Å². The summed E-state index contributed by atoms with van der Waals surface area (Å²) >= 11 is 0. The van der Waals surface area contributed by atoms with E-state index in [1.165, 1.54) is 0 Å². The second kappa shape index (κ2) is 7.62. The molecule has 0 aliphatic carbocycles. The Morgan fingerprint density at radius 2 is 2.35 bits per heavy atom. The Morgan fingerprint density at radius 1 is 1.43 bits per heavy atom. The summed E-state index contributed by atoms with van der Waals surface area (Å²) in [5.74, 6) is 0.755. The van der Waals surface area contributed by atoms with Crippen LogP contribution in [-0.2, 0) is 29.1 Å². The number of aromatic nitrogens is 6. The van der Waals surface area contributed by atoms with Crippen molar-refractivity contribution in [2.45, 2.75) is 32.7 Å². The van der Waals surface area contributed by atoms with Gasteiger partial charge in [0.1, 0.15) is 6.10 Å². The van der Waals surface area contributed by atoms with Gasteiger partial charge in [0.15, 0.2) is 5.82 Å². The van der Waals surface area contributed by atoms with Gasteiger partial charge >= 0.3 is 0 Å². The quantitative estimate of drug-likeness (QED) is 0.715. The molecule has 0 spiro atoms. The van der Waals surface area contributed by atoms with Crippen molar-refractivity contribution in [2.24, 2.45) is 0 Å². The first-order valence-electron chi connectivity index (χ1n) is 7.91. The number of ether oxygens (including phenoxy) is 2. The average molecular weight is 321 g/mol. The molecule has 3 rings (SSSR count). The minimum Gasteiger partial charge on any atom is -0.383 e. The molecule has 126 valence electrons.